The molecule has 0 radical (unpaired) electrons. The Balaban J connectivity index is 1.60. The third kappa shape index (κ3) is 2.99. The molecule has 3 heterocycles. The van der Waals surface area contributed by atoms with Crippen LogP contribution in [0.25, 0.3) is 0 Å². The standard InChI is InChI=1S/C18H28N4OS/c1-2-22-16-6-5-14(20-7-3-4-8-20)13-15(16)17(19-22)18(23)21-9-11-24-12-10-21/h14H,2-13H2,1H3. The Hall–Kier alpha value is -1.01. The van der Waals surface area contributed by atoms with E-state index in [1.165, 1.54) is 43.6 Å². The Morgan fingerprint density at radius 1 is 1.21 bits per heavy atom. The summed E-state index contributed by atoms with van der Waals surface area (Å²) in [7, 11) is 0. The molecule has 0 N–H and O–H groups in total. The SMILES string of the molecule is CCn1nc(C(=O)N2CCSCC2)c2c1CCC(N1CCCC1)C2. The molecule has 1 aliphatic carbocycles. The molecule has 0 aromatic carbocycles. The molecule has 1 aromatic rings. The molecule has 2 fully saturated rings. The van der Waals surface area contributed by atoms with Crippen LogP contribution >= 0.6 is 11.8 Å². The van der Waals surface area contributed by atoms with Crippen molar-refractivity contribution in [2.75, 3.05) is 37.7 Å². The molecule has 4 rings (SSSR count). The van der Waals surface area contributed by atoms with Crippen molar-refractivity contribution in [1.29, 1.82) is 0 Å². The minimum atomic E-state index is 0.167. The number of hydrogen-bond acceptors (Lipinski definition) is 4. The molecular weight excluding hydrogens is 320 g/mol. The van der Waals surface area contributed by atoms with E-state index in [-0.39, 0.29) is 5.91 Å². The second-order valence-corrected chi connectivity index (χ2v) is 8.36. The van der Waals surface area contributed by atoms with Gasteiger partial charge in [-0.3, -0.25) is 9.48 Å². The zero-order chi connectivity index (χ0) is 16.5. The fourth-order valence-electron chi connectivity index (χ4n) is 4.44. The van der Waals surface area contributed by atoms with Gasteiger partial charge in [0.1, 0.15) is 0 Å². The van der Waals surface area contributed by atoms with Crippen LogP contribution in [0.1, 0.15) is 47.9 Å². The molecule has 5 nitrogen and oxygen atoms in total. The van der Waals surface area contributed by atoms with Crippen molar-refractivity contribution >= 4 is 17.7 Å². The van der Waals surface area contributed by atoms with Crippen LogP contribution in [0, 0.1) is 0 Å². The van der Waals surface area contributed by atoms with Gasteiger partial charge >= 0.3 is 0 Å². The van der Waals surface area contributed by atoms with E-state index < -0.39 is 0 Å². The molecule has 1 atom stereocenters. The third-order valence-corrected chi connectivity index (χ3v) is 6.72. The number of carbonyl (C=O) groups is 1. The van der Waals surface area contributed by atoms with E-state index in [0.29, 0.717) is 6.04 Å². The molecule has 1 amide bonds. The number of aryl methyl sites for hydroxylation is 1. The molecule has 1 aromatic heterocycles. The van der Waals surface area contributed by atoms with Gasteiger partial charge in [-0.25, -0.2) is 0 Å². The summed E-state index contributed by atoms with van der Waals surface area (Å²) in [6, 6.07) is 0.609. The Morgan fingerprint density at radius 3 is 2.67 bits per heavy atom. The molecule has 24 heavy (non-hydrogen) atoms. The van der Waals surface area contributed by atoms with Gasteiger partial charge in [-0.1, -0.05) is 0 Å². The van der Waals surface area contributed by atoms with Gasteiger partial charge in [0.15, 0.2) is 5.69 Å². The highest BCUT2D eigenvalue weighted by Gasteiger charge is 2.33. The highest BCUT2D eigenvalue weighted by atomic mass is 32.2. The van der Waals surface area contributed by atoms with Gasteiger partial charge in [0.05, 0.1) is 0 Å². The zero-order valence-corrected chi connectivity index (χ0v) is 15.5. The minimum absolute atomic E-state index is 0.167. The summed E-state index contributed by atoms with van der Waals surface area (Å²) in [6.45, 7) is 7.19. The second-order valence-electron chi connectivity index (χ2n) is 7.13. The Kier molecular flexibility index (Phi) is 4.86. The predicted octanol–water partition coefficient (Wildman–Crippen LogP) is 2.05. The Morgan fingerprint density at radius 2 is 1.96 bits per heavy atom. The highest BCUT2D eigenvalue weighted by molar-refractivity contribution is 7.99. The Labute approximate surface area is 148 Å². The number of carbonyl (C=O) groups excluding carboxylic acids is 1. The number of hydrogen-bond donors (Lipinski definition) is 0. The predicted molar refractivity (Wildman–Crippen MR) is 97.7 cm³/mol. The van der Waals surface area contributed by atoms with E-state index in [1.807, 2.05) is 16.7 Å². The largest absolute Gasteiger partial charge is 0.336 e. The quantitative estimate of drug-likeness (QED) is 0.838. The lowest BCUT2D eigenvalue weighted by Gasteiger charge is -2.32. The molecule has 2 aliphatic heterocycles. The van der Waals surface area contributed by atoms with Crippen LogP contribution in [0.15, 0.2) is 0 Å². The Bertz CT molecular complexity index is 602. The summed E-state index contributed by atoms with van der Waals surface area (Å²) in [5.74, 6) is 2.28. The normalized spacial score (nSPS) is 25.0. The molecular formula is C18H28N4OS. The van der Waals surface area contributed by atoms with Gasteiger partial charge in [0, 0.05) is 48.4 Å². The van der Waals surface area contributed by atoms with E-state index in [4.69, 9.17) is 5.10 Å². The number of nitrogens with zero attached hydrogens (tertiary/aromatic N) is 4. The maximum Gasteiger partial charge on any atom is 0.274 e. The topological polar surface area (TPSA) is 41.4 Å². The van der Waals surface area contributed by atoms with Crippen molar-refractivity contribution in [1.82, 2.24) is 19.6 Å². The van der Waals surface area contributed by atoms with Crippen molar-refractivity contribution in [3.63, 3.8) is 0 Å². The van der Waals surface area contributed by atoms with Gasteiger partial charge in [0.2, 0.25) is 0 Å². The first-order chi connectivity index (χ1) is 11.8. The first-order valence-corrected chi connectivity index (χ1v) is 10.6. The van der Waals surface area contributed by atoms with Gasteiger partial charge in [0.25, 0.3) is 5.91 Å². The molecule has 0 bridgehead atoms. The smallest absolute Gasteiger partial charge is 0.274 e. The number of aromatic nitrogens is 2. The lowest BCUT2D eigenvalue weighted by molar-refractivity contribution is 0.0763. The van der Waals surface area contributed by atoms with Crippen LogP contribution in [-0.2, 0) is 19.4 Å². The van der Waals surface area contributed by atoms with Crippen molar-refractivity contribution in [2.45, 2.75) is 51.6 Å². The first-order valence-electron chi connectivity index (χ1n) is 9.47. The maximum atomic E-state index is 13.1. The van der Waals surface area contributed by atoms with Gasteiger partial charge in [-0.15, -0.1) is 0 Å². The average molecular weight is 349 g/mol. The molecule has 3 aliphatic rings. The van der Waals surface area contributed by atoms with Gasteiger partial charge < -0.3 is 9.80 Å². The monoisotopic (exact) mass is 348 g/mol. The van der Waals surface area contributed by atoms with Crippen LogP contribution in [0.4, 0.5) is 0 Å². The summed E-state index contributed by atoms with van der Waals surface area (Å²) in [4.78, 5) is 17.7. The molecule has 132 valence electrons. The minimum Gasteiger partial charge on any atom is -0.336 e. The van der Waals surface area contributed by atoms with E-state index in [9.17, 15) is 4.79 Å². The molecule has 0 spiro atoms. The van der Waals surface area contributed by atoms with Gasteiger partial charge in [-0.05, 0) is 52.1 Å². The van der Waals surface area contributed by atoms with E-state index in [2.05, 4.69) is 16.5 Å². The summed E-state index contributed by atoms with van der Waals surface area (Å²) in [5, 5.41) is 4.75. The van der Waals surface area contributed by atoms with E-state index in [0.717, 1.165) is 49.7 Å². The van der Waals surface area contributed by atoms with Crippen molar-refractivity contribution in [3.8, 4) is 0 Å². The molecule has 2 saturated heterocycles. The number of likely N-dealkylation sites (tertiary alicyclic amines) is 1. The summed E-state index contributed by atoms with van der Waals surface area (Å²) >= 11 is 1.94. The molecule has 1 unspecified atom stereocenters. The summed E-state index contributed by atoms with van der Waals surface area (Å²) < 4.78 is 2.08. The molecule has 0 saturated carbocycles. The van der Waals surface area contributed by atoms with Crippen LogP contribution < -0.4 is 0 Å². The number of thioether (sulfide) groups is 1. The summed E-state index contributed by atoms with van der Waals surface area (Å²) in [6.07, 6.45) is 5.95. The number of amides is 1. The van der Waals surface area contributed by atoms with E-state index >= 15 is 0 Å². The van der Waals surface area contributed by atoms with E-state index in [1.54, 1.807) is 0 Å². The lowest BCUT2D eigenvalue weighted by atomic mass is 9.90. The van der Waals surface area contributed by atoms with Crippen molar-refractivity contribution in [3.05, 3.63) is 17.0 Å². The fraction of sp³-hybridized carbons (Fsp3) is 0.778. The van der Waals surface area contributed by atoms with Crippen molar-refractivity contribution < 1.29 is 4.79 Å². The lowest BCUT2D eigenvalue weighted by Crippen LogP contribution is -2.40. The second kappa shape index (κ2) is 7.08. The maximum absolute atomic E-state index is 13.1. The zero-order valence-electron chi connectivity index (χ0n) is 14.7. The number of rotatable bonds is 3. The average Bonchev–Trinajstić information content (AvgIpc) is 3.29. The van der Waals surface area contributed by atoms with Crippen LogP contribution in [0.3, 0.4) is 0 Å². The highest BCUT2D eigenvalue weighted by Crippen LogP contribution is 2.30. The van der Waals surface area contributed by atoms with Gasteiger partial charge in [-0.2, -0.15) is 16.9 Å². The fourth-order valence-corrected chi connectivity index (χ4v) is 5.34. The van der Waals surface area contributed by atoms with Crippen LogP contribution in [0.2, 0.25) is 0 Å². The van der Waals surface area contributed by atoms with Crippen LogP contribution in [0.5, 0.6) is 0 Å². The van der Waals surface area contributed by atoms with Crippen LogP contribution in [-0.4, -0.2) is 69.2 Å². The summed E-state index contributed by atoms with van der Waals surface area (Å²) in [5.41, 5.74) is 3.33. The first kappa shape index (κ1) is 16.5. The van der Waals surface area contributed by atoms with Crippen molar-refractivity contribution in [2.24, 2.45) is 0 Å². The third-order valence-electron chi connectivity index (χ3n) is 5.78. The number of fused-ring (bicyclic) bond motifs is 1. The molecule has 6 heteroatoms.